The molecule has 7 heteroatoms. The van der Waals surface area contributed by atoms with Crippen molar-refractivity contribution in [3.8, 4) is 0 Å². The molecule has 0 saturated heterocycles. The molecule has 78 valence electrons. The Morgan fingerprint density at radius 3 is 2.80 bits per heavy atom. The Bertz CT molecular complexity index is 480. The van der Waals surface area contributed by atoms with Crippen molar-refractivity contribution in [3.05, 3.63) is 17.6 Å². The van der Waals surface area contributed by atoms with E-state index in [1.165, 1.54) is 11.8 Å². The van der Waals surface area contributed by atoms with Gasteiger partial charge in [-0.3, -0.25) is 5.10 Å². The molecular weight excluding hydrogens is 212 g/mol. The molecule has 0 amide bonds. The largest absolute Gasteiger partial charge is 0.368 e. The first-order valence-electron chi connectivity index (χ1n) is 4.31. The number of aromatic amines is 1. The average Bonchev–Trinajstić information content (AvgIpc) is 2.58. The molecule has 2 rings (SSSR count). The first-order valence-corrected chi connectivity index (χ1v) is 5.13. The molecule has 0 atom stereocenters. The van der Waals surface area contributed by atoms with E-state index in [9.17, 15) is 0 Å². The second-order valence-corrected chi connectivity index (χ2v) is 3.98. The summed E-state index contributed by atoms with van der Waals surface area (Å²) in [6, 6.07) is 0. The van der Waals surface area contributed by atoms with Crippen LogP contribution in [0.1, 0.15) is 11.4 Å². The standard InChI is InChI=1S/C8H10N6S/c1-4-3-10-7(9)12-6(4)15-8-11-5(2)13-14-8/h3H,1-2H3,(H2,9,10,12)(H,11,13,14). The van der Waals surface area contributed by atoms with Crippen molar-refractivity contribution >= 4 is 17.7 Å². The maximum atomic E-state index is 5.50. The van der Waals surface area contributed by atoms with E-state index in [0.29, 0.717) is 5.16 Å². The lowest BCUT2D eigenvalue weighted by Crippen LogP contribution is -1.97. The number of hydrogen-bond acceptors (Lipinski definition) is 6. The summed E-state index contributed by atoms with van der Waals surface area (Å²) < 4.78 is 0. The first-order chi connectivity index (χ1) is 7.15. The fraction of sp³-hybridized carbons (Fsp3) is 0.250. The van der Waals surface area contributed by atoms with Crippen molar-refractivity contribution in [1.82, 2.24) is 25.1 Å². The summed E-state index contributed by atoms with van der Waals surface area (Å²) >= 11 is 1.36. The number of hydrogen-bond donors (Lipinski definition) is 2. The zero-order valence-electron chi connectivity index (χ0n) is 8.35. The Morgan fingerprint density at radius 2 is 2.13 bits per heavy atom. The SMILES string of the molecule is Cc1nc(Sc2nc(N)ncc2C)n[nH]1. The third-order valence-corrected chi connectivity index (χ3v) is 2.68. The number of H-pyrrole nitrogens is 1. The zero-order chi connectivity index (χ0) is 10.8. The minimum Gasteiger partial charge on any atom is -0.368 e. The van der Waals surface area contributed by atoms with E-state index in [2.05, 4.69) is 25.1 Å². The van der Waals surface area contributed by atoms with E-state index < -0.39 is 0 Å². The number of nitrogens with two attached hydrogens (primary N) is 1. The molecular formula is C8H10N6S. The number of aromatic nitrogens is 5. The van der Waals surface area contributed by atoms with Gasteiger partial charge < -0.3 is 5.73 Å². The molecule has 0 aliphatic heterocycles. The van der Waals surface area contributed by atoms with Crippen LogP contribution in [0.3, 0.4) is 0 Å². The van der Waals surface area contributed by atoms with Crippen molar-refractivity contribution in [2.75, 3.05) is 5.73 Å². The van der Waals surface area contributed by atoms with Gasteiger partial charge in [-0.15, -0.1) is 5.10 Å². The van der Waals surface area contributed by atoms with E-state index >= 15 is 0 Å². The second kappa shape index (κ2) is 3.85. The van der Waals surface area contributed by atoms with Gasteiger partial charge in [0.05, 0.1) is 0 Å². The summed E-state index contributed by atoms with van der Waals surface area (Å²) in [6.07, 6.45) is 1.68. The number of nitrogen functional groups attached to an aromatic ring is 1. The van der Waals surface area contributed by atoms with E-state index in [1.54, 1.807) is 6.20 Å². The van der Waals surface area contributed by atoms with Crippen LogP contribution in [0.15, 0.2) is 16.4 Å². The van der Waals surface area contributed by atoms with E-state index in [1.807, 2.05) is 13.8 Å². The van der Waals surface area contributed by atoms with Gasteiger partial charge in [0.2, 0.25) is 11.1 Å². The maximum absolute atomic E-state index is 5.50. The van der Waals surface area contributed by atoms with Gasteiger partial charge in [0.25, 0.3) is 0 Å². The first kappa shape index (κ1) is 9.91. The molecule has 0 unspecified atom stereocenters. The van der Waals surface area contributed by atoms with Gasteiger partial charge in [-0.1, -0.05) is 0 Å². The molecule has 15 heavy (non-hydrogen) atoms. The van der Waals surface area contributed by atoms with Gasteiger partial charge in [0.1, 0.15) is 10.9 Å². The predicted octanol–water partition coefficient (Wildman–Crippen LogP) is 0.945. The van der Waals surface area contributed by atoms with Crippen molar-refractivity contribution in [2.45, 2.75) is 24.0 Å². The van der Waals surface area contributed by atoms with Crippen LogP contribution in [-0.4, -0.2) is 25.1 Å². The topological polar surface area (TPSA) is 93.4 Å². The van der Waals surface area contributed by atoms with Crippen LogP contribution in [0.2, 0.25) is 0 Å². The summed E-state index contributed by atoms with van der Waals surface area (Å²) in [4.78, 5) is 12.2. The van der Waals surface area contributed by atoms with Crippen LogP contribution >= 0.6 is 11.8 Å². The van der Waals surface area contributed by atoms with E-state index in [0.717, 1.165) is 16.4 Å². The fourth-order valence-corrected chi connectivity index (χ4v) is 1.80. The molecule has 2 aromatic rings. The van der Waals surface area contributed by atoms with Crippen molar-refractivity contribution in [2.24, 2.45) is 0 Å². The molecule has 0 bridgehead atoms. The molecule has 0 spiro atoms. The Kier molecular flexibility index (Phi) is 2.55. The van der Waals surface area contributed by atoms with Crippen LogP contribution in [0.25, 0.3) is 0 Å². The number of nitrogens with one attached hydrogen (secondary N) is 1. The molecule has 6 nitrogen and oxygen atoms in total. The maximum Gasteiger partial charge on any atom is 0.221 e. The third-order valence-electron chi connectivity index (χ3n) is 1.71. The van der Waals surface area contributed by atoms with Crippen LogP contribution in [0, 0.1) is 13.8 Å². The normalized spacial score (nSPS) is 10.5. The Hall–Kier alpha value is -1.63. The van der Waals surface area contributed by atoms with Crippen LogP contribution < -0.4 is 5.73 Å². The highest BCUT2D eigenvalue weighted by atomic mass is 32.2. The van der Waals surface area contributed by atoms with Gasteiger partial charge in [0, 0.05) is 11.8 Å². The summed E-state index contributed by atoms with van der Waals surface area (Å²) in [5.74, 6) is 1.03. The zero-order valence-corrected chi connectivity index (χ0v) is 9.17. The van der Waals surface area contributed by atoms with Gasteiger partial charge in [-0.05, 0) is 25.6 Å². The minimum absolute atomic E-state index is 0.260. The number of aryl methyl sites for hydroxylation is 2. The number of anilines is 1. The van der Waals surface area contributed by atoms with Crippen LogP contribution in [0.4, 0.5) is 5.95 Å². The monoisotopic (exact) mass is 222 g/mol. The van der Waals surface area contributed by atoms with Crippen LogP contribution in [-0.2, 0) is 0 Å². The third kappa shape index (κ3) is 2.24. The lowest BCUT2D eigenvalue weighted by atomic mass is 10.4. The van der Waals surface area contributed by atoms with Gasteiger partial charge in [0.15, 0.2) is 0 Å². The average molecular weight is 222 g/mol. The predicted molar refractivity (Wildman–Crippen MR) is 56.4 cm³/mol. The Balaban J connectivity index is 2.27. The molecule has 2 heterocycles. The second-order valence-electron chi connectivity index (χ2n) is 3.02. The quantitative estimate of drug-likeness (QED) is 0.735. The number of rotatable bonds is 2. The van der Waals surface area contributed by atoms with Gasteiger partial charge >= 0.3 is 0 Å². The van der Waals surface area contributed by atoms with Crippen molar-refractivity contribution < 1.29 is 0 Å². The van der Waals surface area contributed by atoms with E-state index in [-0.39, 0.29) is 5.95 Å². The Labute approximate surface area is 90.7 Å². The van der Waals surface area contributed by atoms with E-state index in [4.69, 9.17) is 5.73 Å². The van der Waals surface area contributed by atoms with Crippen molar-refractivity contribution in [3.63, 3.8) is 0 Å². The van der Waals surface area contributed by atoms with Gasteiger partial charge in [-0.2, -0.15) is 0 Å². The molecule has 0 radical (unpaired) electrons. The molecule has 3 N–H and O–H groups in total. The number of nitrogens with zero attached hydrogens (tertiary/aromatic N) is 4. The lowest BCUT2D eigenvalue weighted by molar-refractivity contribution is 0.955. The molecule has 0 aliphatic rings. The minimum atomic E-state index is 0.260. The summed E-state index contributed by atoms with van der Waals surface area (Å²) in [5, 5.41) is 8.19. The molecule has 0 aliphatic carbocycles. The highest BCUT2D eigenvalue weighted by Crippen LogP contribution is 2.25. The lowest BCUT2D eigenvalue weighted by Gasteiger charge is -2.00. The fourth-order valence-electron chi connectivity index (χ4n) is 0.997. The molecule has 0 fully saturated rings. The molecule has 2 aromatic heterocycles. The summed E-state index contributed by atoms with van der Waals surface area (Å²) in [7, 11) is 0. The van der Waals surface area contributed by atoms with Crippen LogP contribution in [0.5, 0.6) is 0 Å². The Morgan fingerprint density at radius 1 is 1.33 bits per heavy atom. The molecule has 0 saturated carbocycles. The summed E-state index contributed by atoms with van der Waals surface area (Å²) in [5.41, 5.74) is 6.46. The van der Waals surface area contributed by atoms with Gasteiger partial charge in [-0.25, -0.2) is 15.0 Å². The highest BCUT2D eigenvalue weighted by molar-refractivity contribution is 7.99. The highest BCUT2D eigenvalue weighted by Gasteiger charge is 2.07. The van der Waals surface area contributed by atoms with Crippen molar-refractivity contribution in [1.29, 1.82) is 0 Å². The summed E-state index contributed by atoms with van der Waals surface area (Å²) in [6.45, 7) is 3.76. The molecule has 0 aromatic carbocycles. The smallest absolute Gasteiger partial charge is 0.221 e.